The number of hydrogen-bond donors (Lipinski definition) is 1. The molecule has 0 aliphatic rings. The third-order valence-electron chi connectivity index (χ3n) is 2.75. The molecule has 0 fully saturated rings. The molecule has 0 bridgehead atoms. The maximum atomic E-state index is 10.4. The van der Waals surface area contributed by atoms with E-state index in [2.05, 4.69) is 28.3 Å². The molecule has 102 valence electrons. The van der Waals surface area contributed by atoms with E-state index in [-0.39, 0.29) is 6.42 Å². The second-order valence-electron chi connectivity index (χ2n) is 4.31. The molecular weight excluding hydrogens is 262 g/mol. The van der Waals surface area contributed by atoms with Gasteiger partial charge in [0.15, 0.2) is 0 Å². The Bertz CT molecular complexity index is 595. The van der Waals surface area contributed by atoms with Crippen molar-refractivity contribution in [2.75, 3.05) is 11.9 Å². The number of rotatable bonds is 6. The van der Waals surface area contributed by atoms with Crippen LogP contribution in [-0.2, 0) is 11.2 Å². The summed E-state index contributed by atoms with van der Waals surface area (Å²) in [5.41, 5.74) is 0. The van der Waals surface area contributed by atoms with Crippen LogP contribution in [0.5, 0.6) is 0 Å². The number of nitrogens with zero attached hydrogens (tertiary/aromatic N) is 2. The van der Waals surface area contributed by atoms with Gasteiger partial charge in [-0.1, -0.05) is 6.92 Å². The highest BCUT2D eigenvalue weighted by molar-refractivity contribution is 7.18. The first-order chi connectivity index (χ1) is 9.10. The first kappa shape index (κ1) is 13.7. The number of hydrogen-bond acceptors (Lipinski definition) is 6. The van der Waals surface area contributed by atoms with E-state index >= 15 is 0 Å². The van der Waals surface area contributed by atoms with Crippen LogP contribution in [-0.4, -0.2) is 22.5 Å². The van der Waals surface area contributed by atoms with E-state index in [1.165, 1.54) is 4.88 Å². The summed E-state index contributed by atoms with van der Waals surface area (Å²) in [4.78, 5) is 21.4. The molecule has 0 aliphatic heterocycles. The lowest BCUT2D eigenvalue weighted by Gasteiger charge is -2.07. The highest BCUT2D eigenvalue weighted by atomic mass is 32.1. The van der Waals surface area contributed by atoms with Gasteiger partial charge in [-0.3, -0.25) is 0 Å². The molecule has 0 aromatic carbocycles. The zero-order chi connectivity index (χ0) is 13.8. The summed E-state index contributed by atoms with van der Waals surface area (Å²) in [7, 11) is 0. The molecule has 0 radical (unpaired) electrons. The van der Waals surface area contributed by atoms with Crippen LogP contribution in [0.4, 0.5) is 5.82 Å². The predicted octanol–water partition coefficient (Wildman–Crippen LogP) is 1.50. The normalized spacial score (nSPS) is 10.8. The van der Waals surface area contributed by atoms with Crippen LogP contribution in [0.15, 0.2) is 6.07 Å². The lowest BCUT2D eigenvalue weighted by atomic mass is 10.3. The Morgan fingerprint density at radius 3 is 2.95 bits per heavy atom. The molecule has 0 saturated heterocycles. The van der Waals surface area contributed by atoms with E-state index in [4.69, 9.17) is 0 Å². The van der Waals surface area contributed by atoms with Crippen LogP contribution >= 0.6 is 11.3 Å². The van der Waals surface area contributed by atoms with Crippen LogP contribution in [0, 0.1) is 6.92 Å². The van der Waals surface area contributed by atoms with Gasteiger partial charge in [-0.2, -0.15) is 0 Å². The van der Waals surface area contributed by atoms with Crippen molar-refractivity contribution in [3.63, 3.8) is 0 Å². The summed E-state index contributed by atoms with van der Waals surface area (Å²) in [6.45, 7) is 4.53. The van der Waals surface area contributed by atoms with Crippen LogP contribution in [0.2, 0.25) is 0 Å². The summed E-state index contributed by atoms with van der Waals surface area (Å²) in [5, 5.41) is 14.6. The molecule has 5 nitrogen and oxygen atoms in total. The maximum absolute atomic E-state index is 10.4. The lowest BCUT2D eigenvalue weighted by molar-refractivity contribution is -0.305. The highest BCUT2D eigenvalue weighted by Gasteiger charge is 2.09. The molecule has 0 unspecified atom stereocenters. The van der Waals surface area contributed by atoms with Crippen LogP contribution in [0.1, 0.15) is 30.5 Å². The van der Waals surface area contributed by atoms with E-state index in [1.54, 1.807) is 11.3 Å². The minimum absolute atomic E-state index is 0.0596. The highest BCUT2D eigenvalue weighted by Crippen LogP contribution is 2.29. The van der Waals surface area contributed by atoms with Crippen molar-refractivity contribution in [2.45, 2.75) is 33.1 Å². The first-order valence-electron chi connectivity index (χ1n) is 6.31. The minimum Gasteiger partial charge on any atom is -0.550 e. The van der Waals surface area contributed by atoms with E-state index in [1.807, 2.05) is 6.92 Å². The molecule has 2 aromatic heterocycles. The average Bonchev–Trinajstić information content (AvgIpc) is 2.77. The molecule has 0 spiro atoms. The molecule has 0 amide bonds. The number of aliphatic carboxylic acids is 1. The van der Waals surface area contributed by atoms with Crippen molar-refractivity contribution in [1.82, 2.24) is 9.97 Å². The van der Waals surface area contributed by atoms with Gasteiger partial charge >= 0.3 is 0 Å². The van der Waals surface area contributed by atoms with Gasteiger partial charge in [-0.25, -0.2) is 9.97 Å². The van der Waals surface area contributed by atoms with Crippen molar-refractivity contribution in [1.29, 1.82) is 0 Å². The topological polar surface area (TPSA) is 77.9 Å². The Kier molecular flexibility index (Phi) is 4.31. The molecule has 2 heterocycles. The summed E-state index contributed by atoms with van der Waals surface area (Å²) in [6, 6.07) is 2.10. The quantitative estimate of drug-likeness (QED) is 0.810. The molecule has 0 aliphatic carbocycles. The molecular formula is C13H16N3O2S-. The SMILES string of the molecule is CCc1cc2c(NCCCC(=O)[O-])nc(C)nc2s1. The fraction of sp³-hybridized carbons (Fsp3) is 0.462. The van der Waals surface area contributed by atoms with Gasteiger partial charge in [0.25, 0.3) is 0 Å². The minimum atomic E-state index is -1.02. The zero-order valence-electron chi connectivity index (χ0n) is 11.0. The van der Waals surface area contributed by atoms with E-state index in [9.17, 15) is 9.90 Å². The third-order valence-corrected chi connectivity index (χ3v) is 3.93. The second-order valence-corrected chi connectivity index (χ2v) is 5.42. The molecule has 2 rings (SSSR count). The van der Waals surface area contributed by atoms with Crippen molar-refractivity contribution >= 4 is 33.3 Å². The van der Waals surface area contributed by atoms with Crippen molar-refractivity contribution < 1.29 is 9.90 Å². The summed E-state index contributed by atoms with van der Waals surface area (Å²) in [6.07, 6.45) is 1.56. The fourth-order valence-corrected chi connectivity index (χ4v) is 2.84. The van der Waals surface area contributed by atoms with Gasteiger partial charge < -0.3 is 15.2 Å². The number of anilines is 1. The van der Waals surface area contributed by atoms with Crippen molar-refractivity contribution in [3.8, 4) is 0 Å². The number of fused-ring (bicyclic) bond motifs is 1. The number of carboxylic acid groups (broad SMARTS) is 1. The van der Waals surface area contributed by atoms with E-state index < -0.39 is 5.97 Å². The number of aryl methyl sites for hydroxylation is 2. The Labute approximate surface area is 115 Å². The number of aromatic nitrogens is 2. The maximum Gasteiger partial charge on any atom is 0.138 e. The average molecular weight is 278 g/mol. The van der Waals surface area contributed by atoms with E-state index in [0.29, 0.717) is 13.0 Å². The largest absolute Gasteiger partial charge is 0.550 e. The standard InChI is InChI=1S/C13H17N3O2S/c1-3-9-7-10-12(14-6-4-5-11(17)18)15-8(2)16-13(10)19-9/h7H,3-6H2,1-2H3,(H,17,18)(H,14,15,16)/p-1. The molecule has 0 saturated carbocycles. The van der Waals surface area contributed by atoms with Crippen LogP contribution in [0.3, 0.4) is 0 Å². The molecule has 6 heteroatoms. The fourth-order valence-electron chi connectivity index (χ4n) is 1.83. The first-order valence-corrected chi connectivity index (χ1v) is 7.12. The Morgan fingerprint density at radius 2 is 2.26 bits per heavy atom. The molecule has 2 aromatic rings. The molecule has 19 heavy (non-hydrogen) atoms. The number of nitrogens with one attached hydrogen (secondary N) is 1. The monoisotopic (exact) mass is 278 g/mol. The van der Waals surface area contributed by atoms with Crippen molar-refractivity contribution in [3.05, 3.63) is 16.8 Å². The van der Waals surface area contributed by atoms with Gasteiger partial charge in [0.1, 0.15) is 16.5 Å². The van der Waals surface area contributed by atoms with Gasteiger partial charge in [0.05, 0.1) is 5.39 Å². The van der Waals surface area contributed by atoms with Gasteiger partial charge in [0, 0.05) is 17.4 Å². The Morgan fingerprint density at radius 1 is 1.47 bits per heavy atom. The van der Waals surface area contributed by atoms with Gasteiger partial charge in [0.2, 0.25) is 0 Å². The molecule has 1 N–H and O–H groups in total. The number of thiophene rings is 1. The third kappa shape index (κ3) is 3.41. The Balaban J connectivity index is 2.16. The zero-order valence-corrected chi connectivity index (χ0v) is 11.8. The van der Waals surface area contributed by atoms with Crippen LogP contribution in [0.25, 0.3) is 10.2 Å². The lowest BCUT2D eigenvalue weighted by Crippen LogP contribution is -2.22. The van der Waals surface area contributed by atoms with Gasteiger partial charge in [-0.15, -0.1) is 11.3 Å². The Hall–Kier alpha value is -1.69. The smallest absolute Gasteiger partial charge is 0.138 e. The number of carbonyl (C=O) groups excluding carboxylic acids is 1. The summed E-state index contributed by atoms with van der Waals surface area (Å²) >= 11 is 1.67. The number of carbonyl (C=O) groups is 1. The van der Waals surface area contributed by atoms with Crippen LogP contribution < -0.4 is 10.4 Å². The van der Waals surface area contributed by atoms with E-state index in [0.717, 1.165) is 28.3 Å². The molecule has 0 atom stereocenters. The predicted molar refractivity (Wildman–Crippen MR) is 74.3 cm³/mol. The van der Waals surface area contributed by atoms with Gasteiger partial charge in [-0.05, 0) is 32.3 Å². The summed E-state index contributed by atoms with van der Waals surface area (Å²) in [5.74, 6) is 0.491. The van der Waals surface area contributed by atoms with Crippen molar-refractivity contribution in [2.24, 2.45) is 0 Å². The number of carboxylic acids is 1. The summed E-state index contributed by atoms with van der Waals surface area (Å²) < 4.78 is 0. The second kappa shape index (κ2) is 5.97.